The second-order valence-corrected chi connectivity index (χ2v) is 4.05. The average Bonchev–Trinajstić information content (AvgIpc) is 2.27. The monoisotopic (exact) mass is 246 g/mol. The van der Waals surface area contributed by atoms with Crippen LogP contribution in [0.1, 0.15) is 51.9 Å². The summed E-state index contributed by atoms with van der Waals surface area (Å²) in [5, 5.41) is 17.3. The van der Waals surface area contributed by atoms with E-state index in [1.54, 1.807) is 0 Å². The molecule has 0 amide bonds. The molecule has 0 rings (SSSR count). The van der Waals surface area contributed by atoms with Crippen molar-refractivity contribution < 1.29 is 24.5 Å². The number of carbonyl (C=O) groups is 2. The van der Waals surface area contributed by atoms with Gasteiger partial charge in [-0.15, -0.1) is 0 Å². The van der Waals surface area contributed by atoms with E-state index in [-0.39, 0.29) is 0 Å². The van der Waals surface area contributed by atoms with Gasteiger partial charge in [0, 0.05) is 0 Å². The summed E-state index contributed by atoms with van der Waals surface area (Å²) >= 11 is 0. The fourth-order valence-corrected chi connectivity index (χ4v) is 1.37. The van der Waals surface area contributed by atoms with Gasteiger partial charge in [0.25, 0.3) is 0 Å². The average molecular weight is 246 g/mol. The van der Waals surface area contributed by atoms with Gasteiger partial charge in [-0.05, 0) is 6.42 Å². The van der Waals surface area contributed by atoms with Crippen LogP contribution in [-0.2, 0) is 14.3 Å². The zero-order chi connectivity index (χ0) is 13.1. The van der Waals surface area contributed by atoms with E-state index >= 15 is 0 Å². The van der Waals surface area contributed by atoms with Gasteiger partial charge in [-0.1, -0.05) is 39.0 Å². The van der Waals surface area contributed by atoms with E-state index in [0.29, 0.717) is 6.61 Å². The Morgan fingerprint density at radius 1 is 1.12 bits per heavy atom. The fourth-order valence-electron chi connectivity index (χ4n) is 1.37. The molecule has 0 spiro atoms. The van der Waals surface area contributed by atoms with Gasteiger partial charge < -0.3 is 14.9 Å². The smallest absolute Gasteiger partial charge is 0.333 e. The molecule has 0 fully saturated rings. The van der Waals surface area contributed by atoms with E-state index in [1.807, 2.05) is 0 Å². The molecular formula is C12H22O5. The first kappa shape index (κ1) is 15.9. The molecule has 0 aliphatic heterocycles. The Balaban J connectivity index is 3.36. The van der Waals surface area contributed by atoms with E-state index in [1.165, 1.54) is 19.3 Å². The van der Waals surface area contributed by atoms with Gasteiger partial charge in [0.2, 0.25) is 0 Å². The molecule has 0 aromatic rings. The van der Waals surface area contributed by atoms with E-state index in [2.05, 4.69) is 6.92 Å². The number of ether oxygens (including phenoxy) is 1. The topological polar surface area (TPSA) is 83.8 Å². The zero-order valence-electron chi connectivity index (χ0n) is 10.4. The van der Waals surface area contributed by atoms with Crippen molar-refractivity contribution in [3.63, 3.8) is 0 Å². The van der Waals surface area contributed by atoms with Crippen LogP contribution in [0.15, 0.2) is 0 Å². The number of carboxylic acid groups (broad SMARTS) is 1. The summed E-state index contributed by atoms with van der Waals surface area (Å²) in [6.07, 6.45) is 4.41. The van der Waals surface area contributed by atoms with Crippen LogP contribution in [-0.4, -0.2) is 34.9 Å². The summed E-state index contributed by atoms with van der Waals surface area (Å²) in [5.74, 6) is -2.06. The fraction of sp³-hybridized carbons (Fsp3) is 0.833. The molecule has 0 saturated heterocycles. The molecule has 5 heteroatoms. The Hall–Kier alpha value is -1.10. The van der Waals surface area contributed by atoms with E-state index < -0.39 is 24.5 Å². The number of carboxylic acids is 1. The molecule has 100 valence electrons. The highest BCUT2D eigenvalue weighted by molar-refractivity contribution is 5.80. The van der Waals surface area contributed by atoms with Crippen LogP contribution in [0.2, 0.25) is 0 Å². The molecular weight excluding hydrogens is 224 g/mol. The van der Waals surface area contributed by atoms with Gasteiger partial charge in [-0.3, -0.25) is 4.79 Å². The summed E-state index contributed by atoms with van der Waals surface area (Å²) < 4.78 is 4.81. The van der Waals surface area contributed by atoms with Gasteiger partial charge in [-0.2, -0.15) is 0 Å². The molecule has 1 atom stereocenters. The van der Waals surface area contributed by atoms with Crippen molar-refractivity contribution in [3.05, 3.63) is 0 Å². The third kappa shape index (κ3) is 9.81. The Morgan fingerprint density at radius 2 is 1.71 bits per heavy atom. The van der Waals surface area contributed by atoms with Crippen molar-refractivity contribution in [2.45, 2.75) is 58.0 Å². The lowest BCUT2D eigenvalue weighted by Gasteiger charge is -2.06. The van der Waals surface area contributed by atoms with Crippen molar-refractivity contribution in [3.8, 4) is 0 Å². The third-order valence-corrected chi connectivity index (χ3v) is 2.41. The molecule has 0 aliphatic rings. The molecule has 0 aliphatic carbocycles. The van der Waals surface area contributed by atoms with Gasteiger partial charge in [0.05, 0.1) is 13.0 Å². The maximum atomic E-state index is 11.0. The van der Waals surface area contributed by atoms with E-state index in [0.717, 1.165) is 19.3 Å². The van der Waals surface area contributed by atoms with E-state index in [9.17, 15) is 9.59 Å². The second-order valence-electron chi connectivity index (χ2n) is 4.05. The Kier molecular flexibility index (Phi) is 9.43. The summed E-state index contributed by atoms with van der Waals surface area (Å²) in [5.41, 5.74) is 0. The number of hydrogen-bond acceptors (Lipinski definition) is 4. The predicted molar refractivity (Wildman–Crippen MR) is 62.6 cm³/mol. The van der Waals surface area contributed by atoms with Gasteiger partial charge in [0.15, 0.2) is 6.10 Å². The minimum atomic E-state index is -1.66. The molecule has 17 heavy (non-hydrogen) atoms. The van der Waals surface area contributed by atoms with Gasteiger partial charge in [0.1, 0.15) is 0 Å². The molecule has 0 bridgehead atoms. The number of hydrogen-bond donors (Lipinski definition) is 2. The van der Waals surface area contributed by atoms with Crippen molar-refractivity contribution in [1.29, 1.82) is 0 Å². The number of aliphatic hydroxyl groups is 1. The highest BCUT2D eigenvalue weighted by Crippen LogP contribution is 2.05. The number of aliphatic hydroxyl groups excluding tert-OH is 1. The summed E-state index contributed by atoms with van der Waals surface area (Å²) in [6, 6.07) is 0. The van der Waals surface area contributed by atoms with Crippen LogP contribution in [0.3, 0.4) is 0 Å². The molecule has 0 radical (unpaired) electrons. The Labute approximate surface area is 102 Å². The van der Waals surface area contributed by atoms with Crippen molar-refractivity contribution in [2.75, 3.05) is 6.61 Å². The van der Waals surface area contributed by atoms with Gasteiger partial charge in [-0.25, -0.2) is 4.79 Å². The SMILES string of the molecule is CCCCCCCCOC(=O)CC(O)C(=O)O. The number of carbonyl (C=O) groups excluding carboxylic acids is 1. The van der Waals surface area contributed by atoms with Crippen molar-refractivity contribution >= 4 is 11.9 Å². The van der Waals surface area contributed by atoms with Gasteiger partial charge >= 0.3 is 11.9 Å². The van der Waals surface area contributed by atoms with Crippen LogP contribution in [0.5, 0.6) is 0 Å². The number of rotatable bonds is 10. The molecule has 5 nitrogen and oxygen atoms in total. The van der Waals surface area contributed by atoms with Crippen LogP contribution < -0.4 is 0 Å². The van der Waals surface area contributed by atoms with Crippen LogP contribution in [0, 0.1) is 0 Å². The quantitative estimate of drug-likeness (QED) is 0.453. The third-order valence-electron chi connectivity index (χ3n) is 2.41. The highest BCUT2D eigenvalue weighted by atomic mass is 16.5. The molecule has 2 N–H and O–H groups in total. The first-order valence-electron chi connectivity index (χ1n) is 6.14. The molecule has 0 aromatic heterocycles. The normalized spacial score (nSPS) is 12.1. The Morgan fingerprint density at radius 3 is 2.29 bits per heavy atom. The first-order valence-corrected chi connectivity index (χ1v) is 6.14. The summed E-state index contributed by atoms with van der Waals surface area (Å²) in [7, 11) is 0. The maximum Gasteiger partial charge on any atom is 0.333 e. The number of unbranched alkanes of at least 4 members (excludes halogenated alkanes) is 5. The summed E-state index contributed by atoms with van der Waals surface area (Å²) in [6.45, 7) is 2.45. The number of esters is 1. The lowest BCUT2D eigenvalue weighted by molar-refractivity contribution is -0.155. The lowest BCUT2D eigenvalue weighted by Crippen LogP contribution is -2.24. The van der Waals surface area contributed by atoms with E-state index in [4.69, 9.17) is 14.9 Å². The summed E-state index contributed by atoms with van der Waals surface area (Å²) in [4.78, 5) is 21.3. The van der Waals surface area contributed by atoms with Crippen LogP contribution in [0.4, 0.5) is 0 Å². The number of aliphatic carboxylic acids is 1. The predicted octanol–water partition coefficient (Wildman–Crippen LogP) is 1.73. The first-order chi connectivity index (χ1) is 8.07. The molecule has 1 unspecified atom stereocenters. The Bertz CT molecular complexity index is 227. The van der Waals surface area contributed by atoms with Crippen molar-refractivity contribution in [2.24, 2.45) is 0 Å². The maximum absolute atomic E-state index is 11.0. The minimum Gasteiger partial charge on any atom is -0.479 e. The minimum absolute atomic E-state index is 0.303. The molecule has 0 saturated carbocycles. The van der Waals surface area contributed by atoms with Crippen LogP contribution in [0.25, 0.3) is 0 Å². The lowest BCUT2D eigenvalue weighted by atomic mass is 10.1. The molecule has 0 aromatic carbocycles. The molecule has 0 heterocycles. The highest BCUT2D eigenvalue weighted by Gasteiger charge is 2.18. The standard InChI is InChI=1S/C12H22O5/c1-2-3-4-5-6-7-8-17-11(14)9-10(13)12(15)16/h10,13H,2-9H2,1H3,(H,15,16). The van der Waals surface area contributed by atoms with Crippen LogP contribution >= 0.6 is 0 Å². The van der Waals surface area contributed by atoms with Crippen molar-refractivity contribution in [1.82, 2.24) is 0 Å². The second kappa shape index (κ2) is 10.1. The largest absolute Gasteiger partial charge is 0.479 e. The zero-order valence-corrected chi connectivity index (χ0v) is 10.4.